The van der Waals surface area contributed by atoms with Crippen molar-refractivity contribution in [3.63, 3.8) is 0 Å². The van der Waals surface area contributed by atoms with Gasteiger partial charge in [0.2, 0.25) is 0 Å². The van der Waals surface area contributed by atoms with Gasteiger partial charge in [0.15, 0.2) is 0 Å². The van der Waals surface area contributed by atoms with Gasteiger partial charge in [-0.25, -0.2) is 4.39 Å². The van der Waals surface area contributed by atoms with Gasteiger partial charge in [0, 0.05) is 11.1 Å². The molecule has 2 aromatic carbocycles. The highest BCUT2D eigenvalue weighted by molar-refractivity contribution is 5.71. The van der Waals surface area contributed by atoms with Gasteiger partial charge in [-0.3, -0.25) is 0 Å². The fourth-order valence-corrected chi connectivity index (χ4v) is 1.55. The predicted molar refractivity (Wildman–Crippen MR) is 58.2 cm³/mol. The summed E-state index contributed by atoms with van der Waals surface area (Å²) in [6, 6.07) is 11.6. The molecule has 2 aromatic rings. The van der Waals surface area contributed by atoms with E-state index in [2.05, 4.69) is 0 Å². The maximum Gasteiger partial charge on any atom is 0.131 e. The molecule has 1 nitrogen and oxygen atoms in total. The summed E-state index contributed by atoms with van der Waals surface area (Å²) in [6.07, 6.45) is 0. The van der Waals surface area contributed by atoms with Gasteiger partial charge in [-0.1, -0.05) is 29.8 Å². The van der Waals surface area contributed by atoms with E-state index in [9.17, 15) is 9.50 Å². The van der Waals surface area contributed by atoms with Crippen molar-refractivity contribution in [3.05, 3.63) is 53.8 Å². The summed E-state index contributed by atoms with van der Waals surface area (Å²) in [5.74, 6) is -0.218. The molecule has 0 bridgehead atoms. The van der Waals surface area contributed by atoms with Gasteiger partial charge in [-0.05, 0) is 25.1 Å². The highest BCUT2D eigenvalue weighted by atomic mass is 19.1. The molecule has 0 atom stereocenters. The molecule has 0 aliphatic rings. The van der Waals surface area contributed by atoms with Gasteiger partial charge < -0.3 is 5.11 Å². The number of hydrogen-bond donors (Lipinski definition) is 1. The molecule has 15 heavy (non-hydrogen) atoms. The lowest BCUT2D eigenvalue weighted by Gasteiger charge is -2.06. The van der Waals surface area contributed by atoms with E-state index < -0.39 is 0 Å². The SMILES string of the molecule is Cc1ccc(O)c(-c2ccccc2F)c1. The first kappa shape index (κ1) is 9.71. The summed E-state index contributed by atoms with van der Waals surface area (Å²) >= 11 is 0. The van der Waals surface area contributed by atoms with E-state index in [-0.39, 0.29) is 11.6 Å². The van der Waals surface area contributed by atoms with Crippen LogP contribution in [0.3, 0.4) is 0 Å². The summed E-state index contributed by atoms with van der Waals surface area (Å²) in [6.45, 7) is 1.91. The third-order valence-corrected chi connectivity index (χ3v) is 2.32. The molecule has 0 radical (unpaired) electrons. The van der Waals surface area contributed by atoms with Crippen LogP contribution in [0.2, 0.25) is 0 Å². The Balaban J connectivity index is 2.64. The van der Waals surface area contributed by atoms with E-state index in [0.29, 0.717) is 11.1 Å². The van der Waals surface area contributed by atoms with Crippen LogP contribution in [-0.2, 0) is 0 Å². The standard InChI is InChI=1S/C13H11FO/c1-9-6-7-13(15)11(8-9)10-4-2-3-5-12(10)14/h2-8,15H,1H3. The first-order chi connectivity index (χ1) is 7.18. The monoisotopic (exact) mass is 202 g/mol. The summed E-state index contributed by atoms with van der Waals surface area (Å²) in [5, 5.41) is 9.65. The Labute approximate surface area is 87.8 Å². The molecule has 1 N–H and O–H groups in total. The summed E-state index contributed by atoms with van der Waals surface area (Å²) in [4.78, 5) is 0. The third-order valence-electron chi connectivity index (χ3n) is 2.32. The Morgan fingerprint density at radius 1 is 1.00 bits per heavy atom. The molecule has 0 saturated carbocycles. The van der Waals surface area contributed by atoms with Crippen LogP contribution in [0.5, 0.6) is 5.75 Å². The number of rotatable bonds is 1. The maximum absolute atomic E-state index is 13.5. The molecular formula is C13H11FO. The number of hydrogen-bond acceptors (Lipinski definition) is 1. The number of benzene rings is 2. The lowest BCUT2D eigenvalue weighted by atomic mass is 10.0. The molecule has 0 amide bonds. The van der Waals surface area contributed by atoms with Gasteiger partial charge in [-0.15, -0.1) is 0 Å². The molecule has 0 aliphatic heterocycles. The van der Waals surface area contributed by atoms with Crippen LogP contribution in [0.15, 0.2) is 42.5 Å². The zero-order valence-corrected chi connectivity index (χ0v) is 8.37. The lowest BCUT2D eigenvalue weighted by molar-refractivity contribution is 0.476. The number of phenolic OH excluding ortho intramolecular Hbond substituents is 1. The zero-order valence-electron chi connectivity index (χ0n) is 8.37. The van der Waals surface area contributed by atoms with Gasteiger partial charge in [0.05, 0.1) is 0 Å². The van der Waals surface area contributed by atoms with Crippen LogP contribution in [0.1, 0.15) is 5.56 Å². The zero-order chi connectivity index (χ0) is 10.8. The molecule has 0 unspecified atom stereocenters. The average molecular weight is 202 g/mol. The Hall–Kier alpha value is -1.83. The van der Waals surface area contributed by atoms with Crippen LogP contribution >= 0.6 is 0 Å². The van der Waals surface area contributed by atoms with Crippen molar-refractivity contribution in [2.24, 2.45) is 0 Å². The first-order valence-electron chi connectivity index (χ1n) is 4.73. The molecule has 2 rings (SSSR count). The van der Waals surface area contributed by atoms with E-state index in [1.165, 1.54) is 6.07 Å². The van der Waals surface area contributed by atoms with Crippen molar-refractivity contribution in [2.75, 3.05) is 0 Å². The van der Waals surface area contributed by atoms with E-state index >= 15 is 0 Å². The summed E-state index contributed by atoms with van der Waals surface area (Å²) < 4.78 is 13.5. The minimum absolute atomic E-state index is 0.103. The van der Waals surface area contributed by atoms with Crippen LogP contribution in [-0.4, -0.2) is 5.11 Å². The second kappa shape index (κ2) is 3.73. The molecule has 0 aromatic heterocycles. The van der Waals surface area contributed by atoms with Gasteiger partial charge in [-0.2, -0.15) is 0 Å². The van der Waals surface area contributed by atoms with Crippen molar-refractivity contribution in [3.8, 4) is 16.9 Å². The summed E-state index contributed by atoms with van der Waals surface area (Å²) in [7, 11) is 0. The molecular weight excluding hydrogens is 191 g/mol. The minimum atomic E-state index is -0.321. The van der Waals surface area contributed by atoms with E-state index in [4.69, 9.17) is 0 Å². The number of phenols is 1. The predicted octanol–water partition coefficient (Wildman–Crippen LogP) is 3.51. The van der Waals surface area contributed by atoms with Crippen LogP contribution in [0.4, 0.5) is 4.39 Å². The van der Waals surface area contributed by atoms with Gasteiger partial charge in [0.1, 0.15) is 11.6 Å². The smallest absolute Gasteiger partial charge is 0.131 e. The number of halogens is 1. The van der Waals surface area contributed by atoms with E-state index in [0.717, 1.165) is 5.56 Å². The van der Waals surface area contributed by atoms with Gasteiger partial charge in [0.25, 0.3) is 0 Å². The van der Waals surface area contributed by atoms with Crippen LogP contribution in [0, 0.1) is 12.7 Å². The molecule has 0 saturated heterocycles. The van der Waals surface area contributed by atoms with Gasteiger partial charge >= 0.3 is 0 Å². The Morgan fingerprint density at radius 3 is 2.47 bits per heavy atom. The molecule has 0 spiro atoms. The highest BCUT2D eigenvalue weighted by Gasteiger charge is 2.08. The topological polar surface area (TPSA) is 20.2 Å². The molecule has 0 heterocycles. The normalized spacial score (nSPS) is 10.3. The Kier molecular flexibility index (Phi) is 2.42. The Bertz CT molecular complexity index is 492. The maximum atomic E-state index is 13.5. The molecule has 0 fully saturated rings. The van der Waals surface area contributed by atoms with Crippen LogP contribution < -0.4 is 0 Å². The Morgan fingerprint density at radius 2 is 1.73 bits per heavy atom. The van der Waals surface area contributed by atoms with E-state index in [1.807, 2.05) is 6.92 Å². The van der Waals surface area contributed by atoms with Crippen molar-refractivity contribution in [1.82, 2.24) is 0 Å². The second-order valence-corrected chi connectivity index (χ2v) is 3.50. The molecule has 2 heteroatoms. The third kappa shape index (κ3) is 1.84. The largest absolute Gasteiger partial charge is 0.507 e. The first-order valence-corrected chi connectivity index (χ1v) is 4.73. The quantitative estimate of drug-likeness (QED) is 0.750. The number of aromatic hydroxyl groups is 1. The fraction of sp³-hybridized carbons (Fsp3) is 0.0769. The van der Waals surface area contributed by atoms with E-state index in [1.54, 1.807) is 36.4 Å². The van der Waals surface area contributed by atoms with Crippen molar-refractivity contribution in [1.29, 1.82) is 0 Å². The fourth-order valence-electron chi connectivity index (χ4n) is 1.55. The molecule has 0 aliphatic carbocycles. The molecule has 76 valence electrons. The van der Waals surface area contributed by atoms with Crippen molar-refractivity contribution >= 4 is 0 Å². The van der Waals surface area contributed by atoms with Crippen molar-refractivity contribution in [2.45, 2.75) is 6.92 Å². The summed E-state index contributed by atoms with van der Waals surface area (Å²) in [5.41, 5.74) is 1.96. The average Bonchev–Trinajstić information content (AvgIpc) is 2.23. The number of aryl methyl sites for hydroxylation is 1. The second-order valence-electron chi connectivity index (χ2n) is 3.50. The highest BCUT2D eigenvalue weighted by Crippen LogP contribution is 2.31. The van der Waals surface area contributed by atoms with Crippen molar-refractivity contribution < 1.29 is 9.50 Å². The minimum Gasteiger partial charge on any atom is -0.507 e. The lowest BCUT2D eigenvalue weighted by Crippen LogP contribution is -1.85. The van der Waals surface area contributed by atoms with Crippen LogP contribution in [0.25, 0.3) is 11.1 Å².